The highest BCUT2D eigenvalue weighted by Crippen LogP contribution is 2.35. The highest BCUT2D eigenvalue weighted by molar-refractivity contribution is 6.21. The van der Waals surface area contributed by atoms with Crippen LogP contribution in [-0.4, -0.2) is 42.2 Å². The van der Waals surface area contributed by atoms with Gasteiger partial charge >= 0.3 is 5.97 Å². The maximum Gasteiger partial charge on any atom is 0.320 e. The predicted octanol–water partition coefficient (Wildman–Crippen LogP) is 3.14. The Morgan fingerprint density at radius 2 is 2.24 bits per heavy atom. The summed E-state index contributed by atoms with van der Waals surface area (Å²) < 4.78 is 5.47. The molecular formula is C16H22ClNO3. The van der Waals surface area contributed by atoms with Gasteiger partial charge in [-0.1, -0.05) is 17.7 Å². The lowest BCUT2D eigenvalue weighted by Gasteiger charge is -2.25. The first-order chi connectivity index (χ1) is 9.93. The number of aryl methyl sites for hydroxylation is 2. The van der Waals surface area contributed by atoms with Crippen molar-refractivity contribution in [1.29, 1.82) is 0 Å². The first kappa shape index (κ1) is 16.1. The van der Waals surface area contributed by atoms with E-state index in [1.165, 1.54) is 0 Å². The van der Waals surface area contributed by atoms with Crippen molar-refractivity contribution >= 4 is 17.6 Å². The number of carboxylic acid groups (broad SMARTS) is 1. The number of nitrogens with zero attached hydrogens (tertiary/aromatic N) is 1. The average Bonchev–Trinajstić information content (AvgIpc) is 2.86. The summed E-state index contributed by atoms with van der Waals surface area (Å²) in [6, 6.07) is 3.67. The molecule has 0 bridgehead atoms. The maximum atomic E-state index is 11.3. The van der Waals surface area contributed by atoms with E-state index in [0.717, 1.165) is 35.4 Å². The predicted molar refractivity (Wildman–Crippen MR) is 83.3 cm³/mol. The number of likely N-dealkylation sites (tertiary alicyclic amines) is 1. The first-order valence-electron chi connectivity index (χ1n) is 7.20. The van der Waals surface area contributed by atoms with Gasteiger partial charge in [-0.3, -0.25) is 9.69 Å². The zero-order valence-corrected chi connectivity index (χ0v) is 13.5. The number of rotatable bonds is 5. The number of halogens is 1. The molecule has 2 atom stereocenters. The van der Waals surface area contributed by atoms with Gasteiger partial charge in [0.1, 0.15) is 11.8 Å². The van der Waals surface area contributed by atoms with E-state index in [2.05, 4.69) is 6.07 Å². The van der Waals surface area contributed by atoms with Crippen LogP contribution in [0.1, 0.15) is 34.9 Å². The largest absolute Gasteiger partial charge is 0.496 e. The van der Waals surface area contributed by atoms with Gasteiger partial charge in [-0.25, -0.2) is 0 Å². The normalized spacial score (nSPS) is 20.5. The number of carbonyl (C=O) groups is 1. The first-order valence-corrected chi connectivity index (χ1v) is 7.63. The van der Waals surface area contributed by atoms with Gasteiger partial charge in [-0.15, -0.1) is 11.6 Å². The number of benzene rings is 1. The summed E-state index contributed by atoms with van der Waals surface area (Å²) in [7, 11) is 1.64. The van der Waals surface area contributed by atoms with Crippen LogP contribution in [0.2, 0.25) is 0 Å². The molecule has 5 heteroatoms. The Kier molecular flexibility index (Phi) is 5.12. The van der Waals surface area contributed by atoms with Gasteiger partial charge in [0.2, 0.25) is 0 Å². The Balaban J connectivity index is 2.20. The number of aliphatic carboxylic acids is 1. The van der Waals surface area contributed by atoms with Crippen LogP contribution in [0.5, 0.6) is 5.75 Å². The summed E-state index contributed by atoms with van der Waals surface area (Å²) in [6.07, 6.45) is 1.60. The Morgan fingerprint density at radius 1 is 1.52 bits per heavy atom. The van der Waals surface area contributed by atoms with Crippen molar-refractivity contribution in [2.45, 2.75) is 38.1 Å². The molecule has 1 aliphatic heterocycles. The van der Waals surface area contributed by atoms with Crippen LogP contribution >= 0.6 is 11.6 Å². The van der Waals surface area contributed by atoms with E-state index in [4.69, 9.17) is 16.3 Å². The molecule has 0 aromatic heterocycles. The Morgan fingerprint density at radius 3 is 2.86 bits per heavy atom. The minimum atomic E-state index is -0.760. The lowest BCUT2D eigenvalue weighted by Crippen LogP contribution is -2.37. The number of alkyl halides is 1. The fourth-order valence-electron chi connectivity index (χ4n) is 3.13. The molecule has 0 radical (unpaired) electrons. The van der Waals surface area contributed by atoms with Crippen LogP contribution in [0, 0.1) is 13.8 Å². The van der Waals surface area contributed by atoms with Crippen molar-refractivity contribution < 1.29 is 14.6 Å². The Bertz CT molecular complexity index is 532. The molecule has 21 heavy (non-hydrogen) atoms. The summed E-state index contributed by atoms with van der Waals surface area (Å²) in [5.74, 6) is 0.0374. The van der Waals surface area contributed by atoms with Crippen LogP contribution < -0.4 is 4.74 Å². The highest BCUT2D eigenvalue weighted by Gasteiger charge is 2.32. The molecule has 1 N–H and O–H groups in total. The van der Waals surface area contributed by atoms with Crippen molar-refractivity contribution in [3.8, 4) is 5.75 Å². The van der Waals surface area contributed by atoms with E-state index in [9.17, 15) is 9.90 Å². The maximum absolute atomic E-state index is 11.3. The van der Waals surface area contributed by atoms with E-state index in [-0.39, 0.29) is 5.38 Å². The number of ether oxygens (including phenoxy) is 1. The molecule has 0 spiro atoms. The van der Waals surface area contributed by atoms with Gasteiger partial charge in [0.25, 0.3) is 0 Å². The number of hydrogen-bond donors (Lipinski definition) is 1. The minimum absolute atomic E-state index is 0.279. The molecule has 0 amide bonds. The molecule has 0 saturated carbocycles. The summed E-state index contributed by atoms with van der Waals surface area (Å²) in [6.45, 7) is 5.33. The van der Waals surface area contributed by atoms with E-state index in [0.29, 0.717) is 13.0 Å². The third-order valence-corrected chi connectivity index (χ3v) is 4.41. The summed E-state index contributed by atoms with van der Waals surface area (Å²) in [5, 5.41) is 8.97. The fourth-order valence-corrected chi connectivity index (χ4v) is 3.47. The third-order valence-electron chi connectivity index (χ3n) is 4.03. The summed E-state index contributed by atoms with van der Waals surface area (Å²) >= 11 is 6.57. The van der Waals surface area contributed by atoms with Gasteiger partial charge < -0.3 is 9.84 Å². The minimum Gasteiger partial charge on any atom is -0.496 e. The molecule has 1 aromatic rings. The van der Waals surface area contributed by atoms with Crippen molar-refractivity contribution in [1.82, 2.24) is 4.90 Å². The molecule has 1 heterocycles. The van der Waals surface area contributed by atoms with E-state index >= 15 is 0 Å². The standard InChI is InChI=1S/C16H22ClNO3/c1-10-7-11(2)15(21-3)12(8-10)13(17)9-18-6-4-5-14(18)16(19)20/h7-8,13-14H,4-6,9H2,1-3H3,(H,19,20). The molecule has 116 valence electrons. The topological polar surface area (TPSA) is 49.8 Å². The Hall–Kier alpha value is -1.26. The molecule has 1 saturated heterocycles. The van der Waals surface area contributed by atoms with E-state index < -0.39 is 12.0 Å². The second kappa shape index (κ2) is 6.67. The van der Waals surface area contributed by atoms with Crippen LogP contribution in [0.15, 0.2) is 12.1 Å². The zero-order chi connectivity index (χ0) is 15.6. The van der Waals surface area contributed by atoms with Crippen LogP contribution in [0.25, 0.3) is 0 Å². The fraction of sp³-hybridized carbons (Fsp3) is 0.562. The van der Waals surface area contributed by atoms with E-state index in [1.54, 1.807) is 7.11 Å². The van der Waals surface area contributed by atoms with Gasteiger partial charge in [0.15, 0.2) is 0 Å². The molecular weight excluding hydrogens is 290 g/mol. The number of methoxy groups -OCH3 is 1. The molecule has 1 aliphatic rings. The average molecular weight is 312 g/mol. The van der Waals surface area contributed by atoms with Crippen molar-refractivity contribution in [2.75, 3.05) is 20.2 Å². The van der Waals surface area contributed by atoms with Gasteiger partial charge in [-0.05, 0) is 38.8 Å². The number of carboxylic acids is 1. The van der Waals surface area contributed by atoms with Crippen LogP contribution in [0.4, 0.5) is 0 Å². The molecule has 2 unspecified atom stereocenters. The van der Waals surface area contributed by atoms with Gasteiger partial charge in [-0.2, -0.15) is 0 Å². The monoisotopic (exact) mass is 311 g/mol. The van der Waals surface area contributed by atoms with Crippen molar-refractivity contribution in [3.05, 3.63) is 28.8 Å². The smallest absolute Gasteiger partial charge is 0.320 e. The van der Waals surface area contributed by atoms with E-state index in [1.807, 2.05) is 24.8 Å². The molecule has 0 aliphatic carbocycles. The molecule has 1 aromatic carbocycles. The molecule has 4 nitrogen and oxygen atoms in total. The molecule has 1 fully saturated rings. The number of hydrogen-bond acceptors (Lipinski definition) is 3. The highest BCUT2D eigenvalue weighted by atomic mass is 35.5. The summed E-state index contributed by atoms with van der Waals surface area (Å²) in [5.41, 5.74) is 3.12. The van der Waals surface area contributed by atoms with Crippen molar-refractivity contribution in [2.24, 2.45) is 0 Å². The quantitative estimate of drug-likeness (QED) is 0.849. The van der Waals surface area contributed by atoms with Crippen LogP contribution in [-0.2, 0) is 4.79 Å². The lowest BCUT2D eigenvalue weighted by atomic mass is 10.0. The zero-order valence-electron chi connectivity index (χ0n) is 12.7. The Labute approximate surface area is 130 Å². The third kappa shape index (κ3) is 3.50. The van der Waals surface area contributed by atoms with Crippen molar-refractivity contribution in [3.63, 3.8) is 0 Å². The van der Waals surface area contributed by atoms with Gasteiger partial charge in [0.05, 0.1) is 12.5 Å². The SMILES string of the molecule is COc1c(C)cc(C)cc1C(Cl)CN1CCCC1C(=O)O. The second-order valence-electron chi connectivity index (χ2n) is 5.66. The lowest BCUT2D eigenvalue weighted by molar-refractivity contribution is -0.142. The second-order valence-corrected chi connectivity index (χ2v) is 6.19. The van der Waals surface area contributed by atoms with Crippen LogP contribution in [0.3, 0.4) is 0 Å². The van der Waals surface area contributed by atoms with Gasteiger partial charge in [0, 0.05) is 12.1 Å². The molecule has 2 rings (SSSR count). The summed E-state index contributed by atoms with van der Waals surface area (Å²) in [4.78, 5) is 13.2.